The van der Waals surface area contributed by atoms with Crippen LogP contribution < -0.4 is 5.32 Å². The van der Waals surface area contributed by atoms with Gasteiger partial charge in [0.25, 0.3) is 0 Å². The third-order valence-electron chi connectivity index (χ3n) is 3.01. The topological polar surface area (TPSA) is 133 Å². The Kier molecular flexibility index (Phi) is 4.87. The largest absolute Gasteiger partial charge is 0.468 e. The van der Waals surface area contributed by atoms with Gasteiger partial charge in [0.1, 0.15) is 18.1 Å². The van der Waals surface area contributed by atoms with Gasteiger partial charge in [0, 0.05) is 4.47 Å². The molecule has 12 heteroatoms. The number of hydrogen-bond donors (Lipinski definition) is 1. The van der Waals surface area contributed by atoms with Crippen LogP contribution >= 0.6 is 15.9 Å². The molecule has 0 fully saturated rings. The Morgan fingerprint density at radius 3 is 2.54 bits per heavy atom. The van der Waals surface area contributed by atoms with Gasteiger partial charge in [-0.2, -0.15) is 4.68 Å². The molecular formula is C12H9BrFN5O5. The third-order valence-corrected chi connectivity index (χ3v) is 3.50. The quantitative estimate of drug-likeness (QED) is 0.604. The molecule has 0 saturated heterocycles. The molecule has 1 aromatic heterocycles. The second-order valence-corrected chi connectivity index (χ2v) is 5.52. The van der Waals surface area contributed by atoms with Crippen molar-refractivity contribution in [2.75, 3.05) is 5.32 Å². The maximum absolute atomic E-state index is 13.7. The van der Waals surface area contributed by atoms with Crippen molar-refractivity contribution in [3.05, 3.63) is 54.4 Å². The van der Waals surface area contributed by atoms with Crippen LogP contribution in [0.5, 0.6) is 0 Å². The summed E-state index contributed by atoms with van der Waals surface area (Å²) in [5.41, 5.74) is -1.04. The van der Waals surface area contributed by atoms with Crippen molar-refractivity contribution in [2.24, 2.45) is 0 Å². The number of benzene rings is 1. The molecule has 10 nitrogen and oxygen atoms in total. The third kappa shape index (κ3) is 3.53. The molecule has 1 N–H and O–H groups in total. The molecule has 1 amide bonds. The first kappa shape index (κ1) is 17.5. The molecular weight excluding hydrogens is 393 g/mol. The first-order chi connectivity index (χ1) is 11.2. The summed E-state index contributed by atoms with van der Waals surface area (Å²) >= 11 is 3.07. The standard InChI is InChI=1S/C12H9BrFN5O5/c1-6-11(18(21)22)12(19(23)24)16-17(6)5-10(20)15-9-3-2-7(13)4-8(9)14/h2-4H,5H2,1H3,(H,15,20). The number of carbonyl (C=O) groups is 1. The number of aromatic nitrogens is 2. The van der Waals surface area contributed by atoms with Crippen molar-refractivity contribution < 1.29 is 19.0 Å². The Morgan fingerprint density at radius 1 is 1.38 bits per heavy atom. The molecule has 1 aromatic carbocycles. The molecule has 0 radical (unpaired) electrons. The predicted molar refractivity (Wildman–Crippen MR) is 83.0 cm³/mol. The minimum Gasteiger partial charge on any atom is -0.358 e. The van der Waals surface area contributed by atoms with E-state index >= 15 is 0 Å². The monoisotopic (exact) mass is 401 g/mol. The molecule has 0 aliphatic rings. The molecule has 0 aliphatic carbocycles. The number of nitrogens with zero attached hydrogens (tertiary/aromatic N) is 4. The van der Waals surface area contributed by atoms with E-state index in [1.54, 1.807) is 0 Å². The van der Waals surface area contributed by atoms with Crippen molar-refractivity contribution in [1.82, 2.24) is 9.78 Å². The molecule has 2 rings (SSSR count). The van der Waals surface area contributed by atoms with Gasteiger partial charge in [-0.1, -0.05) is 15.9 Å². The molecule has 0 unspecified atom stereocenters. The van der Waals surface area contributed by atoms with E-state index in [1.807, 2.05) is 0 Å². The van der Waals surface area contributed by atoms with E-state index in [0.29, 0.717) is 4.47 Å². The highest BCUT2D eigenvalue weighted by molar-refractivity contribution is 9.10. The second-order valence-electron chi connectivity index (χ2n) is 4.60. The molecule has 126 valence electrons. The molecule has 24 heavy (non-hydrogen) atoms. The van der Waals surface area contributed by atoms with E-state index in [1.165, 1.54) is 19.1 Å². The van der Waals surface area contributed by atoms with Crippen LogP contribution in [0.25, 0.3) is 0 Å². The summed E-state index contributed by atoms with van der Waals surface area (Å²) in [6.45, 7) is 0.682. The van der Waals surface area contributed by atoms with Gasteiger partial charge < -0.3 is 15.4 Å². The lowest BCUT2D eigenvalue weighted by Crippen LogP contribution is -2.21. The molecule has 0 spiro atoms. The zero-order valence-electron chi connectivity index (χ0n) is 12.0. The van der Waals surface area contributed by atoms with E-state index in [0.717, 1.165) is 10.7 Å². The minimum atomic E-state index is -1.01. The average Bonchev–Trinajstić information content (AvgIpc) is 2.79. The van der Waals surface area contributed by atoms with Crippen LogP contribution in [0.15, 0.2) is 22.7 Å². The second kappa shape index (κ2) is 6.70. The number of hydrogen-bond acceptors (Lipinski definition) is 6. The summed E-state index contributed by atoms with van der Waals surface area (Å²) < 4.78 is 15.0. The van der Waals surface area contributed by atoms with Gasteiger partial charge in [-0.3, -0.25) is 14.9 Å². The highest BCUT2D eigenvalue weighted by atomic mass is 79.9. The van der Waals surface area contributed by atoms with Gasteiger partial charge >= 0.3 is 11.5 Å². The van der Waals surface area contributed by atoms with E-state index in [4.69, 9.17) is 0 Å². The summed E-state index contributed by atoms with van der Waals surface area (Å²) in [7, 11) is 0. The Bertz CT molecular complexity index is 853. The zero-order chi connectivity index (χ0) is 18.0. The lowest BCUT2D eigenvalue weighted by molar-refractivity contribution is -0.424. The fraction of sp³-hybridized carbons (Fsp3) is 0.167. The summed E-state index contributed by atoms with van der Waals surface area (Å²) in [4.78, 5) is 31.7. The van der Waals surface area contributed by atoms with Crippen molar-refractivity contribution in [3.8, 4) is 0 Å². The summed E-state index contributed by atoms with van der Waals surface area (Å²) in [5.74, 6) is -2.39. The van der Waals surface area contributed by atoms with Crippen molar-refractivity contribution in [2.45, 2.75) is 13.5 Å². The number of rotatable bonds is 5. The number of nitrogens with one attached hydrogen (secondary N) is 1. The number of amides is 1. The Labute approximate surface area is 141 Å². The van der Waals surface area contributed by atoms with Gasteiger partial charge in [-0.25, -0.2) is 4.39 Å². The Morgan fingerprint density at radius 2 is 2.04 bits per heavy atom. The van der Waals surface area contributed by atoms with E-state index in [-0.39, 0.29) is 11.4 Å². The first-order valence-corrected chi connectivity index (χ1v) is 7.11. The van der Waals surface area contributed by atoms with Gasteiger partial charge in [-0.05, 0) is 30.0 Å². The van der Waals surface area contributed by atoms with Gasteiger partial charge in [0.05, 0.1) is 15.7 Å². The van der Waals surface area contributed by atoms with Crippen LogP contribution in [0, 0.1) is 33.0 Å². The average molecular weight is 402 g/mol. The first-order valence-electron chi connectivity index (χ1n) is 6.31. The van der Waals surface area contributed by atoms with Crippen molar-refractivity contribution >= 4 is 39.0 Å². The maximum atomic E-state index is 13.7. The van der Waals surface area contributed by atoms with Crippen LogP contribution in [-0.4, -0.2) is 25.5 Å². The van der Waals surface area contributed by atoms with Crippen LogP contribution in [0.3, 0.4) is 0 Å². The number of halogens is 2. The maximum Gasteiger partial charge on any atom is 0.468 e. The normalized spacial score (nSPS) is 10.5. The van der Waals surface area contributed by atoms with Gasteiger partial charge in [0.15, 0.2) is 0 Å². The fourth-order valence-corrected chi connectivity index (χ4v) is 2.26. The smallest absolute Gasteiger partial charge is 0.358 e. The van der Waals surface area contributed by atoms with E-state index in [9.17, 15) is 29.4 Å². The Hall–Kier alpha value is -2.89. The van der Waals surface area contributed by atoms with Crippen LogP contribution in [0.4, 0.5) is 21.6 Å². The summed E-state index contributed by atoms with van der Waals surface area (Å²) in [6.07, 6.45) is 0. The minimum absolute atomic E-state index is 0.1000. The van der Waals surface area contributed by atoms with Crippen LogP contribution in [0.1, 0.15) is 5.69 Å². The molecule has 0 bridgehead atoms. The highest BCUT2D eigenvalue weighted by Crippen LogP contribution is 2.29. The van der Waals surface area contributed by atoms with Crippen molar-refractivity contribution in [1.29, 1.82) is 0 Å². The SMILES string of the molecule is Cc1c([N+](=O)[O-])c([N+](=O)[O-])nn1CC(=O)Nc1ccc(Br)cc1F. The highest BCUT2D eigenvalue weighted by Gasteiger charge is 2.35. The van der Waals surface area contributed by atoms with Crippen LogP contribution in [0.2, 0.25) is 0 Å². The molecule has 0 aliphatic heterocycles. The molecule has 0 atom stereocenters. The van der Waals surface area contributed by atoms with Crippen molar-refractivity contribution in [3.63, 3.8) is 0 Å². The summed E-state index contributed by atoms with van der Waals surface area (Å²) in [6, 6.07) is 3.97. The van der Waals surface area contributed by atoms with E-state index < -0.39 is 39.6 Å². The number of anilines is 1. The lowest BCUT2D eigenvalue weighted by Gasteiger charge is -2.06. The fourth-order valence-electron chi connectivity index (χ4n) is 1.93. The summed E-state index contributed by atoms with van der Waals surface area (Å²) in [5, 5.41) is 27.5. The zero-order valence-corrected chi connectivity index (χ0v) is 13.6. The van der Waals surface area contributed by atoms with E-state index in [2.05, 4.69) is 26.3 Å². The predicted octanol–water partition coefficient (Wildman–Crippen LogP) is 2.55. The van der Waals surface area contributed by atoms with Crippen LogP contribution in [-0.2, 0) is 11.3 Å². The Balaban J connectivity index is 2.24. The molecule has 0 saturated carbocycles. The molecule has 1 heterocycles. The van der Waals surface area contributed by atoms with Gasteiger partial charge in [-0.15, -0.1) is 0 Å². The number of nitro groups is 2. The van der Waals surface area contributed by atoms with Gasteiger partial charge in [0.2, 0.25) is 5.91 Å². The number of carbonyl (C=O) groups excluding carboxylic acids is 1. The molecule has 2 aromatic rings. The lowest BCUT2D eigenvalue weighted by atomic mass is 10.3.